The van der Waals surface area contributed by atoms with Gasteiger partial charge in [-0.2, -0.15) is 5.10 Å². The van der Waals surface area contributed by atoms with Gasteiger partial charge >= 0.3 is 0 Å². The minimum Gasteiger partial charge on any atom is -0.220 e. The number of rotatable bonds is 1. The van der Waals surface area contributed by atoms with Crippen molar-refractivity contribution in [3.63, 3.8) is 0 Å². The highest BCUT2D eigenvalue weighted by molar-refractivity contribution is 6.30. The Morgan fingerprint density at radius 1 is 0.950 bits per heavy atom. The average Bonchev–Trinajstić information content (AvgIpc) is 2.59. The van der Waals surface area contributed by atoms with Crippen LogP contribution in [0.2, 0.25) is 5.15 Å². The Balaban J connectivity index is 2.73. The smallest absolute Gasteiger partial charge is 0.161 e. The Morgan fingerprint density at radius 3 is 2.00 bits per heavy atom. The molecule has 2 heterocycles. The number of aryl methyl sites for hydroxylation is 1. The molecule has 108 valence electrons. The molecule has 0 amide bonds. The molecule has 0 N–H and O–H groups in total. The fraction of sp³-hybridized carbons (Fsp3) is 0.533. The van der Waals surface area contributed by atoms with E-state index in [2.05, 4.69) is 37.8 Å². The summed E-state index contributed by atoms with van der Waals surface area (Å²) in [7, 11) is 0. The quantitative estimate of drug-likeness (QED) is 0.750. The Kier molecular flexibility index (Phi) is 3.63. The monoisotopic (exact) mass is 292 g/mol. The van der Waals surface area contributed by atoms with E-state index in [0.29, 0.717) is 5.15 Å². The van der Waals surface area contributed by atoms with Crippen molar-refractivity contribution >= 4 is 11.6 Å². The number of nitrogens with zero attached hydrogens (tertiary/aromatic N) is 4. The molecule has 0 aliphatic carbocycles. The van der Waals surface area contributed by atoms with Crippen molar-refractivity contribution in [2.24, 2.45) is 0 Å². The van der Waals surface area contributed by atoms with Gasteiger partial charge in [0.25, 0.3) is 0 Å². The molecule has 20 heavy (non-hydrogen) atoms. The molecule has 0 fully saturated rings. The zero-order valence-electron chi connectivity index (χ0n) is 13.2. The first-order chi connectivity index (χ1) is 9.12. The summed E-state index contributed by atoms with van der Waals surface area (Å²) in [5.41, 5.74) is 3.97. The Hall–Kier alpha value is -1.42. The molecule has 0 atom stereocenters. The van der Waals surface area contributed by atoms with Gasteiger partial charge in [-0.1, -0.05) is 32.4 Å². The van der Waals surface area contributed by atoms with Crippen LogP contribution >= 0.6 is 11.6 Å². The minimum absolute atomic E-state index is 0.156. The van der Waals surface area contributed by atoms with Gasteiger partial charge in [-0.05, 0) is 33.3 Å². The lowest BCUT2D eigenvalue weighted by Crippen LogP contribution is -2.19. The van der Waals surface area contributed by atoms with Gasteiger partial charge in [0.15, 0.2) is 5.82 Å². The maximum atomic E-state index is 6.28. The molecule has 5 heteroatoms. The molecule has 4 nitrogen and oxygen atoms in total. The van der Waals surface area contributed by atoms with E-state index < -0.39 is 0 Å². The van der Waals surface area contributed by atoms with Gasteiger partial charge in [0.05, 0.1) is 5.69 Å². The molecule has 0 spiro atoms. The molecular weight excluding hydrogens is 272 g/mol. The lowest BCUT2D eigenvalue weighted by Gasteiger charge is -2.19. The van der Waals surface area contributed by atoms with Gasteiger partial charge in [-0.25, -0.2) is 14.6 Å². The van der Waals surface area contributed by atoms with Crippen LogP contribution in [0.3, 0.4) is 0 Å². The zero-order chi connectivity index (χ0) is 15.2. The third-order valence-electron chi connectivity index (χ3n) is 3.59. The second-order valence-electron chi connectivity index (χ2n) is 6.24. The van der Waals surface area contributed by atoms with Crippen molar-refractivity contribution < 1.29 is 0 Å². The van der Waals surface area contributed by atoms with Crippen LogP contribution in [0.5, 0.6) is 0 Å². The van der Waals surface area contributed by atoms with Crippen LogP contribution in [-0.2, 0) is 5.41 Å². The molecule has 0 unspecified atom stereocenters. The van der Waals surface area contributed by atoms with Crippen molar-refractivity contribution in [1.29, 1.82) is 0 Å². The second kappa shape index (κ2) is 4.85. The first kappa shape index (κ1) is 15.0. The maximum Gasteiger partial charge on any atom is 0.161 e. The minimum atomic E-state index is -0.156. The number of halogens is 1. The van der Waals surface area contributed by atoms with E-state index in [1.807, 2.05) is 25.5 Å². The Bertz CT molecular complexity index is 665. The van der Waals surface area contributed by atoms with Crippen molar-refractivity contribution in [2.45, 2.75) is 53.9 Å². The van der Waals surface area contributed by atoms with Gasteiger partial charge in [0, 0.05) is 16.7 Å². The van der Waals surface area contributed by atoms with Crippen LogP contribution in [-0.4, -0.2) is 19.7 Å². The van der Waals surface area contributed by atoms with E-state index in [4.69, 9.17) is 16.6 Å². The molecule has 0 aromatic carbocycles. The highest BCUT2D eigenvalue weighted by Gasteiger charge is 2.22. The van der Waals surface area contributed by atoms with Crippen molar-refractivity contribution in [3.8, 4) is 5.82 Å². The van der Waals surface area contributed by atoms with Gasteiger partial charge in [-0.3, -0.25) is 0 Å². The fourth-order valence-corrected chi connectivity index (χ4v) is 2.11. The van der Waals surface area contributed by atoms with E-state index in [1.165, 1.54) is 5.56 Å². The average molecular weight is 293 g/mol. The molecule has 0 saturated carbocycles. The highest BCUT2D eigenvalue weighted by Crippen LogP contribution is 2.26. The topological polar surface area (TPSA) is 43.6 Å². The van der Waals surface area contributed by atoms with Crippen LogP contribution in [0.15, 0.2) is 0 Å². The Labute approximate surface area is 125 Å². The number of hydrogen-bond donors (Lipinski definition) is 0. The van der Waals surface area contributed by atoms with Crippen LogP contribution in [0, 0.1) is 27.7 Å². The van der Waals surface area contributed by atoms with Crippen molar-refractivity contribution in [1.82, 2.24) is 19.7 Å². The summed E-state index contributed by atoms with van der Waals surface area (Å²) in [5.74, 6) is 1.50. The summed E-state index contributed by atoms with van der Waals surface area (Å²) in [6, 6.07) is 0. The molecule has 0 aliphatic rings. The summed E-state index contributed by atoms with van der Waals surface area (Å²) in [5, 5.41) is 5.06. The predicted octanol–water partition coefficient (Wildman–Crippen LogP) is 3.85. The van der Waals surface area contributed by atoms with E-state index in [9.17, 15) is 0 Å². The molecule has 2 rings (SSSR count). The van der Waals surface area contributed by atoms with E-state index in [1.54, 1.807) is 0 Å². The Morgan fingerprint density at radius 2 is 1.55 bits per heavy atom. The van der Waals surface area contributed by atoms with E-state index in [0.717, 1.165) is 28.6 Å². The molecule has 2 aromatic rings. The maximum absolute atomic E-state index is 6.28. The van der Waals surface area contributed by atoms with Gasteiger partial charge in [0.1, 0.15) is 11.0 Å². The summed E-state index contributed by atoms with van der Waals surface area (Å²) in [6.07, 6.45) is 0. The first-order valence-corrected chi connectivity index (χ1v) is 7.08. The van der Waals surface area contributed by atoms with Crippen LogP contribution < -0.4 is 0 Å². The fourth-order valence-electron chi connectivity index (χ4n) is 1.95. The summed E-state index contributed by atoms with van der Waals surface area (Å²) in [4.78, 5) is 9.10. The van der Waals surface area contributed by atoms with Crippen LogP contribution in [0.25, 0.3) is 5.82 Å². The molecule has 0 aliphatic heterocycles. The number of aromatic nitrogens is 4. The van der Waals surface area contributed by atoms with Crippen molar-refractivity contribution in [3.05, 3.63) is 33.5 Å². The van der Waals surface area contributed by atoms with Gasteiger partial charge < -0.3 is 0 Å². The molecule has 0 saturated heterocycles. The summed E-state index contributed by atoms with van der Waals surface area (Å²) < 4.78 is 1.86. The summed E-state index contributed by atoms with van der Waals surface area (Å²) >= 11 is 6.28. The van der Waals surface area contributed by atoms with Gasteiger partial charge in [0.2, 0.25) is 0 Å². The van der Waals surface area contributed by atoms with Crippen LogP contribution in [0.1, 0.15) is 49.1 Å². The van der Waals surface area contributed by atoms with Gasteiger partial charge in [-0.15, -0.1) is 0 Å². The second-order valence-corrected chi connectivity index (χ2v) is 6.60. The highest BCUT2D eigenvalue weighted by atomic mass is 35.5. The predicted molar refractivity (Wildman–Crippen MR) is 81.8 cm³/mol. The van der Waals surface area contributed by atoms with E-state index in [-0.39, 0.29) is 5.41 Å². The SMILES string of the molecule is Cc1nn(-c2nc(C(C)(C)C)nc(Cl)c2C)c(C)c1C. The zero-order valence-corrected chi connectivity index (χ0v) is 13.9. The molecule has 2 aromatic heterocycles. The summed E-state index contributed by atoms with van der Waals surface area (Å²) in [6.45, 7) is 14.3. The van der Waals surface area contributed by atoms with E-state index >= 15 is 0 Å². The lowest BCUT2D eigenvalue weighted by atomic mass is 9.95. The normalized spacial score (nSPS) is 12.0. The number of hydrogen-bond acceptors (Lipinski definition) is 3. The third-order valence-corrected chi connectivity index (χ3v) is 3.95. The largest absolute Gasteiger partial charge is 0.220 e. The third kappa shape index (κ3) is 2.44. The van der Waals surface area contributed by atoms with Crippen molar-refractivity contribution in [2.75, 3.05) is 0 Å². The molecular formula is C15H21ClN4. The first-order valence-electron chi connectivity index (χ1n) is 6.70. The molecule has 0 radical (unpaired) electrons. The van der Waals surface area contributed by atoms with Crippen LogP contribution in [0.4, 0.5) is 0 Å². The standard InChI is InChI=1S/C15H21ClN4/c1-8-10(3)19-20(11(8)4)13-9(2)12(16)17-14(18-13)15(5,6)7/h1-7H3. The lowest BCUT2D eigenvalue weighted by molar-refractivity contribution is 0.540. The molecule has 0 bridgehead atoms.